The Kier molecular flexibility index (Phi) is 4.61. The summed E-state index contributed by atoms with van der Waals surface area (Å²) in [6.07, 6.45) is 7.17. The lowest BCUT2D eigenvalue weighted by Crippen LogP contribution is -2.26. The van der Waals surface area contributed by atoms with Gasteiger partial charge in [0.15, 0.2) is 0 Å². The van der Waals surface area contributed by atoms with Gasteiger partial charge in [-0.15, -0.1) is 0 Å². The molecule has 0 N–H and O–H groups in total. The standard InChI is InChI=1S/C22H21N5O/c1-15-6-4-8-18-19(22(28)26(2)13-16-7-5-9-23-11-16)10-20(25-21(15)18)17-12-24-27(3)14-17/h4-12,14H,13H2,1-3H3. The Hall–Kier alpha value is -3.54. The molecule has 3 heterocycles. The third-order valence-corrected chi connectivity index (χ3v) is 4.76. The fourth-order valence-corrected chi connectivity index (χ4v) is 3.31. The molecule has 0 saturated heterocycles. The molecule has 0 aliphatic carbocycles. The van der Waals surface area contributed by atoms with E-state index >= 15 is 0 Å². The molecule has 4 aromatic rings. The van der Waals surface area contributed by atoms with Crippen LogP contribution in [0, 0.1) is 6.92 Å². The van der Waals surface area contributed by atoms with E-state index in [4.69, 9.17) is 4.98 Å². The number of para-hydroxylation sites is 1. The summed E-state index contributed by atoms with van der Waals surface area (Å²) in [7, 11) is 3.67. The van der Waals surface area contributed by atoms with Crippen LogP contribution in [0.1, 0.15) is 21.5 Å². The van der Waals surface area contributed by atoms with Crippen LogP contribution in [0.3, 0.4) is 0 Å². The molecule has 0 bridgehead atoms. The largest absolute Gasteiger partial charge is 0.337 e. The number of carbonyl (C=O) groups is 1. The maximum Gasteiger partial charge on any atom is 0.254 e. The molecular formula is C22H21N5O. The van der Waals surface area contributed by atoms with E-state index in [1.165, 1.54) is 0 Å². The fourth-order valence-electron chi connectivity index (χ4n) is 3.31. The number of amides is 1. The van der Waals surface area contributed by atoms with Gasteiger partial charge in [0.2, 0.25) is 0 Å². The van der Waals surface area contributed by atoms with Crippen LogP contribution >= 0.6 is 0 Å². The van der Waals surface area contributed by atoms with Crippen molar-refractivity contribution in [1.82, 2.24) is 24.6 Å². The quantitative estimate of drug-likeness (QED) is 0.550. The highest BCUT2D eigenvalue weighted by Crippen LogP contribution is 2.27. The summed E-state index contributed by atoms with van der Waals surface area (Å²) in [6.45, 7) is 2.50. The van der Waals surface area contributed by atoms with Gasteiger partial charge in [0.05, 0.1) is 23.0 Å². The van der Waals surface area contributed by atoms with Gasteiger partial charge in [-0.1, -0.05) is 24.3 Å². The maximum atomic E-state index is 13.3. The summed E-state index contributed by atoms with van der Waals surface area (Å²) in [5, 5.41) is 5.09. The predicted octanol–water partition coefficient (Wildman–Crippen LogP) is 3.61. The van der Waals surface area contributed by atoms with Gasteiger partial charge in [-0.2, -0.15) is 5.10 Å². The molecule has 0 aliphatic rings. The second-order valence-electron chi connectivity index (χ2n) is 6.95. The van der Waals surface area contributed by atoms with Crippen LogP contribution < -0.4 is 0 Å². The Morgan fingerprint density at radius 1 is 1.18 bits per heavy atom. The van der Waals surface area contributed by atoms with E-state index in [9.17, 15) is 4.79 Å². The number of hydrogen-bond donors (Lipinski definition) is 0. The Morgan fingerprint density at radius 3 is 2.75 bits per heavy atom. The number of carbonyl (C=O) groups excluding carboxylic acids is 1. The number of hydrogen-bond acceptors (Lipinski definition) is 4. The SMILES string of the molecule is Cc1cccc2c(C(=O)N(C)Cc3cccnc3)cc(-c3cnn(C)c3)nc12. The van der Waals surface area contributed by atoms with Crippen molar-refractivity contribution in [2.24, 2.45) is 7.05 Å². The van der Waals surface area contributed by atoms with E-state index in [2.05, 4.69) is 10.1 Å². The van der Waals surface area contributed by atoms with Crippen molar-refractivity contribution >= 4 is 16.8 Å². The number of pyridine rings is 2. The van der Waals surface area contributed by atoms with Gasteiger partial charge in [-0.25, -0.2) is 4.98 Å². The van der Waals surface area contributed by atoms with E-state index in [0.29, 0.717) is 12.1 Å². The van der Waals surface area contributed by atoms with Crippen LogP contribution in [-0.4, -0.2) is 37.6 Å². The Labute approximate surface area is 163 Å². The first-order chi connectivity index (χ1) is 13.5. The normalized spacial score (nSPS) is 11.0. The molecule has 0 atom stereocenters. The highest BCUT2D eigenvalue weighted by Gasteiger charge is 2.19. The number of fused-ring (bicyclic) bond motifs is 1. The van der Waals surface area contributed by atoms with Gasteiger partial charge >= 0.3 is 0 Å². The predicted molar refractivity (Wildman–Crippen MR) is 109 cm³/mol. The van der Waals surface area contributed by atoms with Crippen molar-refractivity contribution in [3.63, 3.8) is 0 Å². The number of rotatable bonds is 4. The Bertz CT molecular complexity index is 1150. The minimum atomic E-state index is -0.0491. The molecule has 3 aromatic heterocycles. The molecule has 0 fully saturated rings. The summed E-state index contributed by atoms with van der Waals surface area (Å²) in [5.74, 6) is -0.0491. The highest BCUT2D eigenvalue weighted by molar-refractivity contribution is 6.07. The summed E-state index contributed by atoms with van der Waals surface area (Å²) < 4.78 is 1.73. The molecule has 0 unspecified atom stereocenters. The van der Waals surface area contributed by atoms with Crippen molar-refractivity contribution < 1.29 is 4.79 Å². The van der Waals surface area contributed by atoms with E-state index < -0.39 is 0 Å². The smallest absolute Gasteiger partial charge is 0.254 e. The van der Waals surface area contributed by atoms with Crippen LogP contribution in [0.4, 0.5) is 0 Å². The second kappa shape index (κ2) is 7.23. The molecule has 4 rings (SSSR count). The number of benzene rings is 1. The first-order valence-corrected chi connectivity index (χ1v) is 9.06. The molecule has 0 aliphatic heterocycles. The van der Waals surface area contributed by atoms with Crippen LogP contribution in [0.5, 0.6) is 0 Å². The van der Waals surface area contributed by atoms with Crippen molar-refractivity contribution in [2.75, 3.05) is 7.05 Å². The van der Waals surface area contributed by atoms with E-state index in [0.717, 1.165) is 33.3 Å². The topological polar surface area (TPSA) is 63.9 Å². The molecule has 6 nitrogen and oxygen atoms in total. The lowest BCUT2D eigenvalue weighted by molar-refractivity contribution is 0.0787. The third kappa shape index (κ3) is 3.36. The summed E-state index contributed by atoms with van der Waals surface area (Å²) in [4.78, 5) is 24.0. The van der Waals surface area contributed by atoms with Crippen molar-refractivity contribution in [3.8, 4) is 11.3 Å². The molecule has 28 heavy (non-hydrogen) atoms. The van der Waals surface area contributed by atoms with E-state index in [1.54, 1.807) is 35.2 Å². The lowest BCUT2D eigenvalue weighted by Gasteiger charge is -2.19. The molecule has 0 radical (unpaired) electrons. The van der Waals surface area contributed by atoms with Crippen molar-refractivity contribution in [1.29, 1.82) is 0 Å². The van der Waals surface area contributed by atoms with Gasteiger partial charge in [0.1, 0.15) is 0 Å². The number of aryl methyl sites for hydroxylation is 2. The van der Waals surface area contributed by atoms with Crippen LogP contribution in [0.25, 0.3) is 22.2 Å². The van der Waals surface area contributed by atoms with Crippen molar-refractivity contribution in [2.45, 2.75) is 13.5 Å². The molecule has 6 heteroatoms. The van der Waals surface area contributed by atoms with E-state index in [-0.39, 0.29) is 5.91 Å². The number of aromatic nitrogens is 4. The maximum absolute atomic E-state index is 13.3. The Balaban J connectivity index is 1.80. The van der Waals surface area contributed by atoms with Gasteiger partial charge in [0.25, 0.3) is 5.91 Å². The van der Waals surface area contributed by atoms with Crippen LogP contribution in [0.15, 0.2) is 61.2 Å². The van der Waals surface area contributed by atoms with Gasteiger partial charge in [-0.3, -0.25) is 14.5 Å². The van der Waals surface area contributed by atoms with Gasteiger partial charge in [-0.05, 0) is 30.2 Å². The molecule has 0 saturated carbocycles. The average molecular weight is 371 g/mol. The number of nitrogens with zero attached hydrogens (tertiary/aromatic N) is 5. The van der Waals surface area contributed by atoms with Gasteiger partial charge < -0.3 is 4.90 Å². The average Bonchev–Trinajstić information content (AvgIpc) is 3.14. The fraction of sp³-hybridized carbons (Fsp3) is 0.182. The highest BCUT2D eigenvalue weighted by atomic mass is 16.2. The van der Waals surface area contributed by atoms with E-state index in [1.807, 2.05) is 56.6 Å². The Morgan fingerprint density at radius 2 is 2.04 bits per heavy atom. The van der Waals surface area contributed by atoms with Gasteiger partial charge in [0, 0.05) is 50.2 Å². The molecule has 1 amide bonds. The minimum absolute atomic E-state index is 0.0491. The molecule has 0 spiro atoms. The first-order valence-electron chi connectivity index (χ1n) is 9.06. The molecule has 140 valence electrons. The van der Waals surface area contributed by atoms with Crippen LogP contribution in [-0.2, 0) is 13.6 Å². The zero-order valence-corrected chi connectivity index (χ0v) is 16.1. The summed E-state index contributed by atoms with van der Waals surface area (Å²) >= 11 is 0. The van der Waals surface area contributed by atoms with Crippen molar-refractivity contribution in [3.05, 3.63) is 77.9 Å². The monoisotopic (exact) mass is 371 g/mol. The third-order valence-electron chi connectivity index (χ3n) is 4.76. The first kappa shape index (κ1) is 17.9. The zero-order chi connectivity index (χ0) is 19.7. The summed E-state index contributed by atoms with van der Waals surface area (Å²) in [6, 6.07) is 11.6. The zero-order valence-electron chi connectivity index (χ0n) is 16.1. The molecule has 1 aromatic carbocycles. The minimum Gasteiger partial charge on any atom is -0.337 e. The summed E-state index contributed by atoms with van der Waals surface area (Å²) in [5.41, 5.74) is 5.12. The molecular weight excluding hydrogens is 350 g/mol. The lowest BCUT2D eigenvalue weighted by atomic mass is 10.0. The van der Waals surface area contributed by atoms with Crippen LogP contribution in [0.2, 0.25) is 0 Å². The second-order valence-corrected chi connectivity index (χ2v) is 6.95.